The van der Waals surface area contributed by atoms with E-state index in [0.29, 0.717) is 0 Å². The molecule has 0 aliphatic carbocycles. The monoisotopic (exact) mass is 672 g/mol. The number of anilines is 3. The highest BCUT2D eigenvalue weighted by molar-refractivity contribution is 7.27. The minimum atomic E-state index is 1.14. The molecule has 3 heterocycles. The van der Waals surface area contributed by atoms with Crippen LogP contribution in [0.1, 0.15) is 0 Å². The third kappa shape index (κ3) is 4.07. The third-order valence-electron chi connectivity index (χ3n) is 10.2. The Morgan fingerprint density at radius 2 is 1.02 bits per heavy atom. The van der Waals surface area contributed by atoms with Crippen molar-refractivity contribution in [1.29, 1.82) is 0 Å². The van der Waals surface area contributed by atoms with Crippen molar-refractivity contribution < 1.29 is 0 Å². The molecule has 0 unspecified atom stereocenters. The number of nitrogens with zero attached hydrogens (tertiary/aromatic N) is 2. The van der Waals surface area contributed by atoms with Gasteiger partial charge in [0.2, 0.25) is 0 Å². The molecule has 4 heteroatoms. The van der Waals surface area contributed by atoms with Crippen molar-refractivity contribution in [2.75, 3.05) is 4.90 Å². The van der Waals surface area contributed by atoms with Crippen LogP contribution in [0.15, 0.2) is 170 Å². The lowest BCUT2D eigenvalue weighted by molar-refractivity contribution is 1.18. The van der Waals surface area contributed by atoms with E-state index in [1.807, 2.05) is 22.7 Å². The molecule has 0 saturated carbocycles. The molecule has 11 rings (SSSR count). The lowest BCUT2D eigenvalue weighted by Gasteiger charge is -2.27. The van der Waals surface area contributed by atoms with Crippen LogP contribution in [0.2, 0.25) is 0 Å². The molecule has 8 aromatic carbocycles. The molecule has 11 aromatic rings. The molecule has 0 radical (unpaired) electrons. The average Bonchev–Trinajstić information content (AvgIpc) is 3.84. The van der Waals surface area contributed by atoms with Crippen molar-refractivity contribution in [3.63, 3.8) is 0 Å². The molecular formula is C46H28N2S2. The maximum Gasteiger partial charge on any atom is 0.0555 e. The van der Waals surface area contributed by atoms with Gasteiger partial charge >= 0.3 is 0 Å². The van der Waals surface area contributed by atoms with Gasteiger partial charge < -0.3 is 9.47 Å². The molecular weight excluding hydrogens is 645 g/mol. The number of thiophene rings is 2. The first-order valence-electron chi connectivity index (χ1n) is 16.9. The van der Waals surface area contributed by atoms with Crippen LogP contribution >= 0.6 is 22.7 Å². The normalized spacial score (nSPS) is 12.0. The second kappa shape index (κ2) is 10.8. The van der Waals surface area contributed by atoms with Gasteiger partial charge in [-0.25, -0.2) is 0 Å². The van der Waals surface area contributed by atoms with E-state index >= 15 is 0 Å². The number of para-hydroxylation sites is 1. The van der Waals surface area contributed by atoms with Crippen LogP contribution in [0.4, 0.5) is 17.1 Å². The molecule has 0 amide bonds. The van der Waals surface area contributed by atoms with Crippen molar-refractivity contribution >= 4 is 113 Å². The summed E-state index contributed by atoms with van der Waals surface area (Å²) in [5.74, 6) is 0. The van der Waals surface area contributed by atoms with Gasteiger partial charge in [0.1, 0.15) is 0 Å². The van der Waals surface area contributed by atoms with Gasteiger partial charge in [0, 0.05) is 73.6 Å². The number of rotatable bonds is 4. The highest BCUT2D eigenvalue weighted by Crippen LogP contribution is 2.47. The van der Waals surface area contributed by atoms with E-state index in [9.17, 15) is 0 Å². The number of aromatic nitrogens is 1. The van der Waals surface area contributed by atoms with Gasteiger partial charge in [-0.05, 0) is 78.2 Å². The quantitative estimate of drug-likeness (QED) is 0.181. The Labute approximate surface area is 296 Å². The molecule has 50 heavy (non-hydrogen) atoms. The first-order chi connectivity index (χ1) is 24.8. The lowest BCUT2D eigenvalue weighted by Crippen LogP contribution is -2.10. The zero-order chi connectivity index (χ0) is 32.8. The summed E-state index contributed by atoms with van der Waals surface area (Å²) >= 11 is 3.76. The fraction of sp³-hybridized carbons (Fsp3) is 0. The molecule has 0 bridgehead atoms. The van der Waals surface area contributed by atoms with E-state index in [-0.39, 0.29) is 0 Å². The summed E-state index contributed by atoms with van der Waals surface area (Å²) in [4.78, 5) is 2.46. The van der Waals surface area contributed by atoms with Crippen LogP contribution in [-0.4, -0.2) is 4.57 Å². The van der Waals surface area contributed by atoms with Gasteiger partial charge in [-0.1, -0.05) is 97.1 Å². The number of hydrogen-bond donors (Lipinski definition) is 0. The molecule has 0 aliphatic heterocycles. The number of hydrogen-bond acceptors (Lipinski definition) is 3. The van der Waals surface area contributed by atoms with Gasteiger partial charge in [-0.2, -0.15) is 0 Å². The van der Waals surface area contributed by atoms with Crippen LogP contribution in [0.3, 0.4) is 0 Å². The predicted octanol–water partition coefficient (Wildman–Crippen LogP) is 14.1. The van der Waals surface area contributed by atoms with Crippen molar-refractivity contribution in [3.8, 4) is 5.69 Å². The van der Waals surface area contributed by atoms with E-state index in [2.05, 4.69) is 179 Å². The van der Waals surface area contributed by atoms with E-state index in [1.165, 1.54) is 84.3 Å². The maximum atomic E-state index is 2.46. The standard InChI is InChI=1S/C46H28N2S2/c1-2-13-30(14-3-1)48-40-24-21-31(28-38(40)45-41(48)25-23-36-34-16-6-9-20-43(34)50-46(36)45)47(39-18-10-12-29-11-4-5-15-33(29)39)32-22-26-44-37(27-32)35-17-7-8-19-42(35)49-44/h1-28H. The lowest BCUT2D eigenvalue weighted by atomic mass is 10.0. The smallest absolute Gasteiger partial charge is 0.0555 e. The van der Waals surface area contributed by atoms with Crippen LogP contribution in [-0.2, 0) is 0 Å². The minimum absolute atomic E-state index is 1.14. The largest absolute Gasteiger partial charge is 0.310 e. The Kier molecular flexibility index (Phi) is 6.03. The zero-order valence-electron chi connectivity index (χ0n) is 26.9. The third-order valence-corrected chi connectivity index (χ3v) is 12.5. The summed E-state index contributed by atoms with van der Waals surface area (Å²) in [6, 6.07) is 62.4. The molecule has 0 atom stereocenters. The predicted molar refractivity (Wildman–Crippen MR) is 219 cm³/mol. The summed E-state index contributed by atoms with van der Waals surface area (Å²) in [7, 11) is 0. The molecule has 0 saturated heterocycles. The molecule has 0 aliphatic rings. The van der Waals surface area contributed by atoms with E-state index in [4.69, 9.17) is 0 Å². The van der Waals surface area contributed by atoms with Crippen molar-refractivity contribution in [2.24, 2.45) is 0 Å². The highest BCUT2D eigenvalue weighted by Gasteiger charge is 2.22. The fourth-order valence-corrected chi connectivity index (χ4v) is 10.3. The molecule has 0 N–H and O–H groups in total. The molecule has 234 valence electrons. The van der Waals surface area contributed by atoms with Crippen LogP contribution < -0.4 is 4.90 Å². The summed E-state index contributed by atoms with van der Waals surface area (Å²) in [5, 5.41) is 10.3. The van der Waals surface area contributed by atoms with E-state index in [1.54, 1.807) is 0 Å². The van der Waals surface area contributed by atoms with Gasteiger partial charge in [-0.15, -0.1) is 22.7 Å². The second-order valence-corrected chi connectivity index (χ2v) is 15.1. The number of benzene rings is 8. The molecule has 2 nitrogen and oxygen atoms in total. The first kappa shape index (κ1) is 28.0. The first-order valence-corrected chi connectivity index (χ1v) is 18.6. The highest BCUT2D eigenvalue weighted by atomic mass is 32.1. The minimum Gasteiger partial charge on any atom is -0.310 e. The van der Waals surface area contributed by atoms with Crippen LogP contribution in [0.5, 0.6) is 0 Å². The number of fused-ring (bicyclic) bond motifs is 11. The van der Waals surface area contributed by atoms with Crippen molar-refractivity contribution in [2.45, 2.75) is 0 Å². The average molecular weight is 673 g/mol. The Balaban J connectivity index is 1.25. The SMILES string of the molecule is c1ccc(-n2c3ccc(N(c4ccc5sc6ccccc6c5c4)c4cccc5ccccc45)cc3c3c4sc5ccccc5c4ccc32)cc1. The van der Waals surface area contributed by atoms with Crippen molar-refractivity contribution in [1.82, 2.24) is 4.57 Å². The van der Waals surface area contributed by atoms with Gasteiger partial charge in [0.05, 0.1) is 16.7 Å². The zero-order valence-corrected chi connectivity index (χ0v) is 28.5. The Bertz CT molecular complexity index is 3100. The topological polar surface area (TPSA) is 8.17 Å². The molecule has 0 fully saturated rings. The summed E-state index contributed by atoms with van der Waals surface area (Å²) < 4.78 is 7.72. The van der Waals surface area contributed by atoms with Gasteiger partial charge in [-0.3, -0.25) is 0 Å². The summed E-state index contributed by atoms with van der Waals surface area (Å²) in [5.41, 5.74) is 7.05. The Morgan fingerprint density at radius 1 is 0.400 bits per heavy atom. The van der Waals surface area contributed by atoms with Crippen LogP contribution in [0, 0.1) is 0 Å². The maximum absolute atomic E-state index is 2.46. The van der Waals surface area contributed by atoms with Crippen LogP contribution in [0.25, 0.3) is 78.6 Å². The van der Waals surface area contributed by atoms with Crippen molar-refractivity contribution in [3.05, 3.63) is 170 Å². The molecule has 0 spiro atoms. The Hall–Kier alpha value is -5.94. The van der Waals surface area contributed by atoms with Gasteiger partial charge in [0.15, 0.2) is 0 Å². The summed E-state index contributed by atoms with van der Waals surface area (Å²) in [6.07, 6.45) is 0. The summed E-state index contributed by atoms with van der Waals surface area (Å²) in [6.45, 7) is 0. The fourth-order valence-electron chi connectivity index (χ4n) is 7.95. The molecule has 3 aromatic heterocycles. The van der Waals surface area contributed by atoms with E-state index in [0.717, 1.165) is 11.4 Å². The second-order valence-electron chi connectivity index (χ2n) is 12.9. The van der Waals surface area contributed by atoms with E-state index < -0.39 is 0 Å². The van der Waals surface area contributed by atoms with Gasteiger partial charge in [0.25, 0.3) is 0 Å². The Morgan fingerprint density at radius 3 is 1.86 bits per heavy atom.